The third-order valence-corrected chi connectivity index (χ3v) is 5.43. The minimum absolute atomic E-state index is 0.0526. The molecule has 3 rings (SSSR count). The van der Waals surface area contributed by atoms with Gasteiger partial charge in [0.15, 0.2) is 10.2 Å². The molecule has 0 aliphatic carbocycles. The summed E-state index contributed by atoms with van der Waals surface area (Å²) >= 11 is 7.44. The summed E-state index contributed by atoms with van der Waals surface area (Å²) in [6.45, 7) is 1.98. The lowest BCUT2D eigenvalue weighted by atomic mass is 10.5. The molecule has 3 aromatic heterocycles. The van der Waals surface area contributed by atoms with Gasteiger partial charge < -0.3 is 0 Å². The highest BCUT2D eigenvalue weighted by Crippen LogP contribution is 2.22. The van der Waals surface area contributed by atoms with Crippen molar-refractivity contribution in [1.82, 2.24) is 19.1 Å². The molecule has 1 N–H and O–H groups in total. The summed E-state index contributed by atoms with van der Waals surface area (Å²) in [5.74, 6) is 0. The summed E-state index contributed by atoms with van der Waals surface area (Å²) in [5.41, 5.74) is 1.15. The van der Waals surface area contributed by atoms with Gasteiger partial charge in [0.1, 0.15) is 5.65 Å². The zero-order chi connectivity index (χ0) is 15.0. The van der Waals surface area contributed by atoms with Gasteiger partial charge in [0, 0.05) is 11.6 Å². The van der Waals surface area contributed by atoms with Gasteiger partial charge in [0.2, 0.25) is 0 Å². The van der Waals surface area contributed by atoms with E-state index in [1.165, 1.54) is 15.7 Å². The van der Waals surface area contributed by atoms with E-state index in [0.717, 1.165) is 5.01 Å². The summed E-state index contributed by atoms with van der Waals surface area (Å²) in [7, 11) is -3.78. The number of aromatic nitrogens is 3. The summed E-state index contributed by atoms with van der Waals surface area (Å²) in [4.78, 5) is 8.25. The number of nitrogens with zero attached hydrogens (tertiary/aromatic N) is 3. The Morgan fingerprint density at radius 2 is 2.19 bits per heavy atom. The predicted octanol–water partition coefficient (Wildman–Crippen LogP) is 2.23. The summed E-state index contributed by atoms with van der Waals surface area (Å²) < 4.78 is 28.8. The molecule has 0 amide bonds. The fourth-order valence-electron chi connectivity index (χ4n) is 1.91. The van der Waals surface area contributed by atoms with E-state index in [2.05, 4.69) is 14.7 Å². The van der Waals surface area contributed by atoms with E-state index in [-0.39, 0.29) is 16.7 Å². The van der Waals surface area contributed by atoms with Crippen LogP contribution in [0.15, 0.2) is 34.8 Å². The van der Waals surface area contributed by atoms with Crippen molar-refractivity contribution in [1.29, 1.82) is 0 Å². The van der Waals surface area contributed by atoms with Crippen LogP contribution in [-0.4, -0.2) is 22.8 Å². The largest absolute Gasteiger partial charge is 0.288 e. The van der Waals surface area contributed by atoms with Crippen LogP contribution in [-0.2, 0) is 16.6 Å². The van der Waals surface area contributed by atoms with Gasteiger partial charge in [0.25, 0.3) is 10.0 Å². The number of aryl methyl sites for hydroxylation is 1. The Morgan fingerprint density at radius 1 is 1.38 bits per heavy atom. The average molecular weight is 343 g/mol. The minimum Gasteiger partial charge on any atom is -0.288 e. The lowest BCUT2D eigenvalue weighted by Crippen LogP contribution is -2.25. The third kappa shape index (κ3) is 2.80. The first-order chi connectivity index (χ1) is 9.97. The van der Waals surface area contributed by atoms with E-state index in [9.17, 15) is 8.42 Å². The Labute approximate surface area is 130 Å². The second-order valence-electron chi connectivity index (χ2n) is 4.32. The van der Waals surface area contributed by atoms with Crippen molar-refractivity contribution in [3.63, 3.8) is 0 Å². The van der Waals surface area contributed by atoms with Crippen molar-refractivity contribution in [3.8, 4) is 0 Å². The monoisotopic (exact) mass is 342 g/mol. The molecular formula is C12H11ClN4O2S2. The molecule has 0 aliphatic rings. The maximum Gasteiger partial charge on any atom is 0.260 e. The smallest absolute Gasteiger partial charge is 0.260 e. The molecule has 0 atom stereocenters. The minimum atomic E-state index is -3.78. The van der Waals surface area contributed by atoms with Crippen LogP contribution < -0.4 is 4.72 Å². The Morgan fingerprint density at radius 3 is 2.90 bits per heavy atom. The number of hydrogen-bond donors (Lipinski definition) is 1. The Kier molecular flexibility index (Phi) is 3.70. The lowest BCUT2D eigenvalue weighted by molar-refractivity contribution is 0.575. The number of sulfonamides is 1. The first-order valence-electron chi connectivity index (χ1n) is 6.00. The molecule has 110 valence electrons. The standard InChI is InChI=1S/C12H11ClN4O2S2/c1-8-15-9(7-20-8)6-14-21(18,19)12-11(13)16-10-4-2-3-5-17(10)12/h2-5,7,14H,6H2,1H3. The maximum atomic E-state index is 12.4. The van der Waals surface area contributed by atoms with E-state index in [1.807, 2.05) is 12.3 Å². The van der Waals surface area contributed by atoms with Gasteiger partial charge >= 0.3 is 0 Å². The molecule has 0 saturated heterocycles. The number of halogens is 1. The molecule has 0 unspecified atom stereocenters. The van der Waals surface area contributed by atoms with E-state index < -0.39 is 10.0 Å². The Hall–Kier alpha value is -1.48. The maximum absolute atomic E-state index is 12.4. The fourth-order valence-corrected chi connectivity index (χ4v) is 4.16. The number of rotatable bonds is 4. The van der Waals surface area contributed by atoms with Gasteiger partial charge in [-0.3, -0.25) is 4.40 Å². The highest BCUT2D eigenvalue weighted by molar-refractivity contribution is 7.89. The van der Waals surface area contributed by atoms with E-state index in [0.29, 0.717) is 11.3 Å². The molecule has 6 nitrogen and oxygen atoms in total. The number of nitrogens with one attached hydrogen (secondary N) is 1. The van der Waals surface area contributed by atoms with E-state index in [1.54, 1.807) is 24.4 Å². The van der Waals surface area contributed by atoms with Crippen LogP contribution in [0.25, 0.3) is 5.65 Å². The topological polar surface area (TPSA) is 76.4 Å². The Bertz CT molecular complexity index is 901. The number of imidazole rings is 1. The molecule has 0 saturated carbocycles. The molecule has 0 aromatic carbocycles. The van der Waals surface area contributed by atoms with E-state index in [4.69, 9.17) is 11.6 Å². The van der Waals surface area contributed by atoms with Gasteiger partial charge in [0.05, 0.1) is 17.2 Å². The van der Waals surface area contributed by atoms with Crippen LogP contribution in [0.2, 0.25) is 5.15 Å². The fraction of sp³-hybridized carbons (Fsp3) is 0.167. The van der Waals surface area contributed by atoms with E-state index >= 15 is 0 Å². The lowest BCUT2D eigenvalue weighted by Gasteiger charge is -2.05. The molecule has 0 radical (unpaired) electrons. The first-order valence-corrected chi connectivity index (χ1v) is 8.75. The van der Waals surface area contributed by atoms with Gasteiger partial charge in [-0.2, -0.15) is 0 Å². The van der Waals surface area contributed by atoms with Crippen LogP contribution in [0, 0.1) is 6.92 Å². The van der Waals surface area contributed by atoms with Gasteiger partial charge in [-0.1, -0.05) is 17.7 Å². The summed E-state index contributed by atoms with van der Waals surface area (Å²) in [6, 6.07) is 5.17. The van der Waals surface area contributed by atoms with Crippen molar-refractivity contribution < 1.29 is 8.42 Å². The summed E-state index contributed by atoms with van der Waals surface area (Å²) in [5, 5.41) is 2.58. The second kappa shape index (κ2) is 5.38. The van der Waals surface area contributed by atoms with Crippen LogP contribution in [0.1, 0.15) is 10.7 Å². The molecule has 3 heterocycles. The van der Waals surface area contributed by atoms with Crippen molar-refractivity contribution in [2.45, 2.75) is 18.5 Å². The zero-order valence-electron chi connectivity index (χ0n) is 10.9. The Balaban J connectivity index is 1.95. The van der Waals surface area contributed by atoms with Crippen molar-refractivity contribution in [2.24, 2.45) is 0 Å². The SMILES string of the molecule is Cc1nc(CNS(=O)(=O)c2c(Cl)nc3ccccn23)cs1. The predicted molar refractivity (Wildman–Crippen MR) is 81.1 cm³/mol. The highest BCUT2D eigenvalue weighted by Gasteiger charge is 2.24. The first kappa shape index (κ1) is 14.5. The molecule has 21 heavy (non-hydrogen) atoms. The molecule has 0 fully saturated rings. The summed E-state index contributed by atoms with van der Waals surface area (Å²) in [6.07, 6.45) is 1.61. The van der Waals surface area contributed by atoms with Crippen LogP contribution in [0.3, 0.4) is 0 Å². The van der Waals surface area contributed by atoms with Crippen LogP contribution in [0.5, 0.6) is 0 Å². The van der Waals surface area contributed by atoms with Crippen molar-refractivity contribution in [2.75, 3.05) is 0 Å². The molecule has 0 bridgehead atoms. The van der Waals surface area contributed by atoms with Crippen molar-refractivity contribution in [3.05, 3.63) is 45.6 Å². The molecule has 0 aliphatic heterocycles. The number of fused-ring (bicyclic) bond motifs is 1. The van der Waals surface area contributed by atoms with Gasteiger partial charge in [-0.05, 0) is 19.1 Å². The average Bonchev–Trinajstić information content (AvgIpc) is 2.99. The van der Waals surface area contributed by atoms with Gasteiger partial charge in [-0.25, -0.2) is 23.1 Å². The molecule has 3 aromatic rings. The third-order valence-electron chi connectivity index (χ3n) is 2.81. The molecule has 0 spiro atoms. The number of hydrogen-bond acceptors (Lipinski definition) is 5. The quantitative estimate of drug-likeness (QED) is 0.788. The second-order valence-corrected chi connectivity index (χ2v) is 7.42. The molecule has 9 heteroatoms. The number of pyridine rings is 1. The highest BCUT2D eigenvalue weighted by atomic mass is 35.5. The van der Waals surface area contributed by atoms with Crippen LogP contribution >= 0.6 is 22.9 Å². The van der Waals surface area contributed by atoms with Crippen molar-refractivity contribution >= 4 is 38.6 Å². The van der Waals surface area contributed by atoms with Crippen LogP contribution in [0.4, 0.5) is 0 Å². The normalized spacial score (nSPS) is 12.1. The molecular weight excluding hydrogens is 332 g/mol. The number of thiazole rings is 1. The zero-order valence-corrected chi connectivity index (χ0v) is 13.3. The van der Waals surface area contributed by atoms with Gasteiger partial charge in [-0.15, -0.1) is 11.3 Å².